The second kappa shape index (κ2) is 12.0. The van der Waals surface area contributed by atoms with Crippen molar-refractivity contribution in [1.82, 2.24) is 5.01 Å². The summed E-state index contributed by atoms with van der Waals surface area (Å²) < 4.78 is 15.3. The van der Waals surface area contributed by atoms with E-state index in [9.17, 15) is 29.5 Å². The van der Waals surface area contributed by atoms with Crippen LogP contribution >= 0.6 is 0 Å². The summed E-state index contributed by atoms with van der Waals surface area (Å²) in [6.07, 6.45) is 1.96. The molecule has 10 nitrogen and oxygen atoms in total. The molecule has 3 fully saturated rings. The minimum Gasteiger partial charge on any atom is -0.505 e. The molecule has 0 bridgehead atoms. The second-order valence-corrected chi connectivity index (χ2v) is 13.7. The predicted molar refractivity (Wildman–Crippen MR) is 186 cm³/mol. The Balaban J connectivity index is 1.31. The van der Waals surface area contributed by atoms with Crippen LogP contribution in [0.3, 0.4) is 0 Å². The van der Waals surface area contributed by atoms with Crippen molar-refractivity contribution >= 4 is 47.6 Å². The van der Waals surface area contributed by atoms with Gasteiger partial charge in [0, 0.05) is 11.5 Å². The van der Waals surface area contributed by atoms with Crippen LogP contribution in [0.15, 0.2) is 109 Å². The molecule has 51 heavy (non-hydrogen) atoms. The number of nitrogens with zero attached hydrogens (tertiary/aromatic N) is 2. The number of carbonyl (C=O) groups is 4. The first-order valence-corrected chi connectivity index (χ1v) is 16.8. The van der Waals surface area contributed by atoms with Crippen molar-refractivity contribution in [3.63, 3.8) is 0 Å². The summed E-state index contributed by atoms with van der Waals surface area (Å²) >= 11 is 0. The van der Waals surface area contributed by atoms with Crippen LogP contribution < -0.4 is 15.8 Å². The molecule has 12 heteroatoms. The van der Waals surface area contributed by atoms with Gasteiger partial charge in [-0.05, 0) is 67.0 Å². The molecule has 4 N–H and O–H groups in total. The number of rotatable bonds is 6. The van der Waals surface area contributed by atoms with Gasteiger partial charge in [-0.2, -0.15) is 5.01 Å². The Labute approximate surface area is 292 Å². The Kier molecular flexibility index (Phi) is 7.69. The van der Waals surface area contributed by atoms with Crippen molar-refractivity contribution in [2.45, 2.75) is 31.1 Å². The summed E-state index contributed by atoms with van der Waals surface area (Å²) in [4.78, 5) is 59.3. The molecule has 2 saturated heterocycles. The van der Waals surface area contributed by atoms with Gasteiger partial charge in [0.05, 0.1) is 34.5 Å². The van der Waals surface area contributed by atoms with Crippen LogP contribution in [0.5, 0.6) is 5.75 Å². The van der Waals surface area contributed by atoms with Gasteiger partial charge >= 0.3 is 7.12 Å². The number of phenols is 1. The van der Waals surface area contributed by atoms with Gasteiger partial charge in [0.1, 0.15) is 0 Å². The number of hydrazine groups is 1. The van der Waals surface area contributed by atoms with Crippen LogP contribution in [-0.2, 0) is 24.6 Å². The zero-order chi connectivity index (χ0) is 35.8. The number of hydrogen-bond donors (Lipinski definition) is 4. The Bertz CT molecular complexity index is 2140. The molecule has 4 aromatic rings. The number of allylic oxidation sites excluding steroid dienone is 2. The number of nitrogens with one attached hydrogen (secondary N) is 1. The number of benzene rings is 4. The van der Waals surface area contributed by atoms with Gasteiger partial charge in [0.2, 0.25) is 11.8 Å². The molecule has 8 rings (SSSR count). The topological polar surface area (TPSA) is 147 Å². The largest absolute Gasteiger partial charge is 0.505 e. The number of amides is 4. The average Bonchev–Trinajstić information content (AvgIpc) is 3.51. The number of phenolic OH excluding ortho intramolecular Hbond substituents is 1. The van der Waals surface area contributed by atoms with Crippen LogP contribution in [0.1, 0.15) is 35.4 Å². The Morgan fingerprint density at radius 2 is 1.57 bits per heavy atom. The molecule has 4 aliphatic rings. The van der Waals surface area contributed by atoms with Crippen molar-refractivity contribution in [3.8, 4) is 5.75 Å². The molecule has 0 aromatic heterocycles. The molecule has 256 valence electrons. The SMILES string of the molecule is Cc1ccc(NN2C(=O)C3CC4C(=CCC5C(=O)N(c6cccc(B(O)O)c6)C(=O)C54)C(c4cccc(F)c4O)C3(c3ccccc3)C2=O)cc1. The average molecular weight is 686 g/mol. The smallest absolute Gasteiger partial charge is 0.488 e. The third kappa shape index (κ3) is 4.77. The van der Waals surface area contributed by atoms with Gasteiger partial charge in [-0.3, -0.25) is 29.5 Å². The molecule has 4 amide bonds. The van der Waals surface area contributed by atoms with E-state index in [4.69, 9.17) is 0 Å². The molecule has 2 aliphatic heterocycles. The maximum Gasteiger partial charge on any atom is 0.488 e. The summed E-state index contributed by atoms with van der Waals surface area (Å²) in [7, 11) is -1.82. The minimum atomic E-state index is -1.82. The van der Waals surface area contributed by atoms with Crippen LogP contribution in [0.2, 0.25) is 0 Å². The van der Waals surface area contributed by atoms with E-state index < -0.39 is 77.3 Å². The molecular weight excluding hydrogens is 652 g/mol. The lowest BCUT2D eigenvalue weighted by Crippen LogP contribution is -2.53. The zero-order valence-electron chi connectivity index (χ0n) is 27.4. The Morgan fingerprint density at radius 3 is 2.29 bits per heavy atom. The molecule has 1 saturated carbocycles. The summed E-state index contributed by atoms with van der Waals surface area (Å²) in [5.41, 5.74) is 4.26. The fourth-order valence-corrected chi connectivity index (χ4v) is 8.94. The molecular formula is C39H33BFN3O7. The predicted octanol–water partition coefficient (Wildman–Crippen LogP) is 3.71. The Morgan fingerprint density at radius 1 is 0.843 bits per heavy atom. The third-order valence-corrected chi connectivity index (χ3v) is 11.1. The highest BCUT2D eigenvalue weighted by Crippen LogP contribution is 2.65. The van der Waals surface area contributed by atoms with E-state index in [0.29, 0.717) is 16.8 Å². The summed E-state index contributed by atoms with van der Waals surface area (Å²) in [6, 6.07) is 25.9. The Hall–Kier alpha value is -5.59. The quantitative estimate of drug-likeness (QED) is 0.137. The number of aryl methyl sites for hydroxylation is 1. The zero-order valence-corrected chi connectivity index (χ0v) is 27.4. The van der Waals surface area contributed by atoms with E-state index in [1.54, 1.807) is 42.5 Å². The number of para-hydroxylation sites is 1. The first kappa shape index (κ1) is 32.6. The van der Waals surface area contributed by atoms with Crippen LogP contribution in [0.25, 0.3) is 0 Å². The van der Waals surface area contributed by atoms with E-state index in [0.717, 1.165) is 21.5 Å². The summed E-state index contributed by atoms with van der Waals surface area (Å²) in [5.74, 6) is -8.34. The van der Waals surface area contributed by atoms with Gasteiger partial charge in [0.15, 0.2) is 11.6 Å². The second-order valence-electron chi connectivity index (χ2n) is 13.7. The summed E-state index contributed by atoms with van der Waals surface area (Å²) in [6.45, 7) is 1.91. The molecule has 6 unspecified atom stereocenters. The van der Waals surface area contributed by atoms with Crippen LogP contribution in [0.4, 0.5) is 15.8 Å². The molecule has 4 aromatic carbocycles. The highest BCUT2D eigenvalue weighted by molar-refractivity contribution is 6.58. The molecule has 0 radical (unpaired) electrons. The first-order chi connectivity index (χ1) is 24.5. The van der Waals surface area contributed by atoms with Crippen LogP contribution in [-0.4, -0.2) is 50.9 Å². The number of fused-ring (bicyclic) bond motifs is 4. The van der Waals surface area contributed by atoms with Crippen molar-refractivity contribution in [2.24, 2.45) is 23.7 Å². The standard InChI is InChI=1S/C39H33BFN3O7/c1-21-13-15-24(16-14-21)42-44-36(47)30-20-29-26(17-18-27-32(29)37(48)43(35(27)46)25-10-5-9-23(19-25)40(50)51)33(28-11-6-12-31(41)34(28)45)39(30,38(44)49)22-7-3-2-4-8-22/h2-17,19,27,29-30,32-33,42,45,50-51H,18,20H2,1H3. The molecule has 6 atom stereocenters. The first-order valence-electron chi connectivity index (χ1n) is 16.8. The highest BCUT2D eigenvalue weighted by atomic mass is 19.1. The monoisotopic (exact) mass is 685 g/mol. The fourth-order valence-electron chi connectivity index (χ4n) is 8.94. The van der Waals surface area contributed by atoms with Crippen molar-refractivity contribution in [3.05, 3.63) is 131 Å². The lowest BCUT2D eigenvalue weighted by atomic mass is 9.49. The van der Waals surface area contributed by atoms with E-state index in [-0.39, 0.29) is 29.6 Å². The van der Waals surface area contributed by atoms with Crippen molar-refractivity contribution in [2.75, 3.05) is 10.3 Å². The van der Waals surface area contributed by atoms with Gasteiger partial charge < -0.3 is 15.2 Å². The maximum atomic E-state index is 15.3. The number of aromatic hydroxyl groups is 1. The number of hydrogen-bond acceptors (Lipinski definition) is 8. The molecule has 2 heterocycles. The highest BCUT2D eigenvalue weighted by Gasteiger charge is 2.70. The van der Waals surface area contributed by atoms with Crippen molar-refractivity contribution < 1.29 is 38.7 Å². The third-order valence-electron chi connectivity index (χ3n) is 11.1. The number of imide groups is 2. The van der Waals surface area contributed by atoms with Gasteiger partial charge in [-0.1, -0.05) is 83.9 Å². The number of anilines is 2. The number of carbonyl (C=O) groups excluding carboxylic acids is 4. The normalized spacial score (nSPS) is 26.8. The summed E-state index contributed by atoms with van der Waals surface area (Å²) in [5, 5.41) is 31.9. The van der Waals surface area contributed by atoms with Gasteiger partial charge in [-0.15, -0.1) is 0 Å². The van der Waals surface area contributed by atoms with E-state index in [1.165, 1.54) is 36.4 Å². The van der Waals surface area contributed by atoms with Crippen LogP contribution in [0, 0.1) is 36.4 Å². The molecule has 0 spiro atoms. The maximum absolute atomic E-state index is 15.3. The van der Waals surface area contributed by atoms with Gasteiger partial charge in [-0.25, -0.2) is 4.39 Å². The lowest BCUT2D eigenvalue weighted by molar-refractivity contribution is -0.138. The van der Waals surface area contributed by atoms with E-state index in [1.807, 2.05) is 25.1 Å². The van der Waals surface area contributed by atoms with E-state index in [2.05, 4.69) is 5.43 Å². The number of halogens is 1. The molecule has 2 aliphatic carbocycles. The minimum absolute atomic E-state index is 0.0212. The fraction of sp³-hybridized carbons (Fsp3) is 0.231. The van der Waals surface area contributed by atoms with Gasteiger partial charge in [0.25, 0.3) is 11.8 Å². The van der Waals surface area contributed by atoms with Crippen molar-refractivity contribution in [1.29, 1.82) is 0 Å². The van der Waals surface area contributed by atoms with E-state index >= 15 is 9.18 Å². The lowest BCUT2D eigenvalue weighted by Gasteiger charge is -2.50.